The van der Waals surface area contributed by atoms with Crippen LogP contribution in [0.3, 0.4) is 0 Å². The molecule has 0 radical (unpaired) electrons. The summed E-state index contributed by atoms with van der Waals surface area (Å²) in [4.78, 5) is 11.8. The first kappa shape index (κ1) is 8.37. The summed E-state index contributed by atoms with van der Waals surface area (Å²) < 4.78 is 1.53. The summed E-state index contributed by atoms with van der Waals surface area (Å²) >= 11 is 0. The molecule has 5 heteroatoms. The number of nitrogens with one attached hydrogen (secondary N) is 1. The number of carbonyl (C=O) groups is 1. The molecular formula is C8H12N4O. The number of nitrogens with zero attached hydrogens (tertiary/aromatic N) is 3. The second kappa shape index (κ2) is 3.26. The van der Waals surface area contributed by atoms with Crippen molar-refractivity contribution in [1.29, 1.82) is 0 Å². The van der Waals surface area contributed by atoms with Crippen LogP contribution in [0.4, 0.5) is 0 Å². The first-order valence-electron chi connectivity index (χ1n) is 4.38. The Hall–Kier alpha value is -1.23. The highest BCUT2D eigenvalue weighted by Gasteiger charge is 2.25. The lowest BCUT2D eigenvalue weighted by atomic mass is 10.0. The van der Waals surface area contributed by atoms with E-state index in [4.69, 9.17) is 0 Å². The van der Waals surface area contributed by atoms with Gasteiger partial charge in [0.15, 0.2) is 5.78 Å². The molecule has 0 aliphatic carbocycles. The van der Waals surface area contributed by atoms with Crippen molar-refractivity contribution < 1.29 is 4.79 Å². The van der Waals surface area contributed by atoms with Crippen LogP contribution < -0.4 is 5.32 Å². The van der Waals surface area contributed by atoms with E-state index in [9.17, 15) is 4.79 Å². The van der Waals surface area contributed by atoms with Crippen molar-refractivity contribution >= 4 is 5.78 Å². The Labute approximate surface area is 76.1 Å². The molecule has 1 aliphatic heterocycles. The molecule has 70 valence electrons. The molecule has 0 bridgehead atoms. The lowest BCUT2D eigenvalue weighted by Gasteiger charge is -2.05. The molecule has 0 amide bonds. The lowest BCUT2D eigenvalue weighted by molar-refractivity contribution is 0.0921. The summed E-state index contributed by atoms with van der Waals surface area (Å²) in [7, 11) is 1.74. The molecule has 13 heavy (non-hydrogen) atoms. The third-order valence-electron chi connectivity index (χ3n) is 2.40. The molecule has 5 nitrogen and oxygen atoms in total. The zero-order chi connectivity index (χ0) is 9.26. The van der Waals surface area contributed by atoms with Gasteiger partial charge in [0.2, 0.25) is 0 Å². The van der Waals surface area contributed by atoms with Gasteiger partial charge in [-0.15, -0.1) is 5.10 Å². The molecule has 0 spiro atoms. The van der Waals surface area contributed by atoms with Crippen molar-refractivity contribution in [1.82, 2.24) is 20.3 Å². The van der Waals surface area contributed by atoms with E-state index in [-0.39, 0.29) is 11.7 Å². The van der Waals surface area contributed by atoms with Gasteiger partial charge in [0, 0.05) is 19.5 Å². The van der Waals surface area contributed by atoms with Crippen LogP contribution >= 0.6 is 0 Å². The molecule has 0 aromatic carbocycles. The van der Waals surface area contributed by atoms with Crippen LogP contribution in [0, 0.1) is 5.92 Å². The number of hydrogen-bond acceptors (Lipinski definition) is 4. The summed E-state index contributed by atoms with van der Waals surface area (Å²) in [6, 6.07) is 0. The quantitative estimate of drug-likeness (QED) is 0.629. The third-order valence-corrected chi connectivity index (χ3v) is 2.40. The normalized spacial score (nSPS) is 22.1. The lowest BCUT2D eigenvalue weighted by Crippen LogP contribution is -2.20. The standard InChI is InChI=1S/C8H12N4O/c1-12-7(5-10-11-12)8(13)6-2-3-9-4-6/h5-6,9H,2-4H2,1H3. The van der Waals surface area contributed by atoms with Crippen LogP contribution in [0.2, 0.25) is 0 Å². The van der Waals surface area contributed by atoms with Gasteiger partial charge in [0.1, 0.15) is 5.69 Å². The van der Waals surface area contributed by atoms with Gasteiger partial charge < -0.3 is 5.32 Å². The SMILES string of the molecule is Cn1nncc1C(=O)C1CCNC1. The van der Waals surface area contributed by atoms with Crippen molar-refractivity contribution in [3.63, 3.8) is 0 Å². The minimum Gasteiger partial charge on any atom is -0.316 e. The van der Waals surface area contributed by atoms with E-state index in [1.54, 1.807) is 7.05 Å². The zero-order valence-corrected chi connectivity index (χ0v) is 7.53. The van der Waals surface area contributed by atoms with E-state index >= 15 is 0 Å². The molecule has 1 unspecified atom stereocenters. The number of aromatic nitrogens is 3. The van der Waals surface area contributed by atoms with E-state index in [2.05, 4.69) is 15.6 Å². The summed E-state index contributed by atoms with van der Waals surface area (Å²) in [5, 5.41) is 10.6. The van der Waals surface area contributed by atoms with Gasteiger partial charge in [-0.25, -0.2) is 4.68 Å². The largest absolute Gasteiger partial charge is 0.316 e. The number of hydrogen-bond donors (Lipinski definition) is 1. The van der Waals surface area contributed by atoms with Crippen LogP contribution in [0.15, 0.2) is 6.20 Å². The molecule has 1 fully saturated rings. The summed E-state index contributed by atoms with van der Waals surface area (Å²) in [5.74, 6) is 0.259. The van der Waals surface area contributed by atoms with Crippen molar-refractivity contribution in [2.24, 2.45) is 13.0 Å². The molecular weight excluding hydrogens is 168 g/mol. The molecule has 0 saturated carbocycles. The van der Waals surface area contributed by atoms with Crippen LogP contribution in [-0.2, 0) is 7.05 Å². The van der Waals surface area contributed by atoms with Gasteiger partial charge in [0.25, 0.3) is 0 Å². The van der Waals surface area contributed by atoms with Gasteiger partial charge in [-0.3, -0.25) is 4.79 Å². The molecule has 1 N–H and O–H groups in total. The average Bonchev–Trinajstić information content (AvgIpc) is 2.72. The molecule has 1 atom stereocenters. The zero-order valence-electron chi connectivity index (χ0n) is 7.53. The molecule has 1 aromatic rings. The van der Waals surface area contributed by atoms with E-state index in [1.165, 1.54) is 10.9 Å². The second-order valence-electron chi connectivity index (χ2n) is 3.30. The highest BCUT2D eigenvalue weighted by molar-refractivity contribution is 5.96. The van der Waals surface area contributed by atoms with Crippen molar-refractivity contribution in [3.8, 4) is 0 Å². The summed E-state index contributed by atoms with van der Waals surface area (Å²) in [6.45, 7) is 1.71. The second-order valence-corrected chi connectivity index (χ2v) is 3.30. The Morgan fingerprint density at radius 2 is 2.62 bits per heavy atom. The van der Waals surface area contributed by atoms with Crippen molar-refractivity contribution in [2.75, 3.05) is 13.1 Å². The topological polar surface area (TPSA) is 59.8 Å². The fourth-order valence-electron chi connectivity index (χ4n) is 1.60. The minimum atomic E-state index is 0.109. The van der Waals surface area contributed by atoms with Crippen LogP contribution in [-0.4, -0.2) is 33.9 Å². The smallest absolute Gasteiger partial charge is 0.186 e. The highest BCUT2D eigenvalue weighted by atomic mass is 16.1. The highest BCUT2D eigenvalue weighted by Crippen LogP contribution is 2.13. The van der Waals surface area contributed by atoms with E-state index in [0.29, 0.717) is 5.69 Å². The van der Waals surface area contributed by atoms with Gasteiger partial charge in [-0.2, -0.15) is 0 Å². The van der Waals surface area contributed by atoms with Gasteiger partial charge in [-0.1, -0.05) is 5.21 Å². The fraction of sp³-hybridized carbons (Fsp3) is 0.625. The third kappa shape index (κ3) is 1.47. The maximum Gasteiger partial charge on any atom is 0.186 e. The predicted octanol–water partition coefficient (Wildman–Crippen LogP) is -0.393. The number of carbonyl (C=O) groups excluding carboxylic acids is 1. The Morgan fingerprint density at radius 1 is 1.77 bits per heavy atom. The maximum atomic E-state index is 11.8. The average molecular weight is 180 g/mol. The number of Topliss-reactive ketones (excluding diaryl/α,β-unsaturated/α-hetero) is 1. The Bertz CT molecular complexity index is 314. The molecule has 1 aromatic heterocycles. The molecule has 2 rings (SSSR count). The van der Waals surface area contributed by atoms with E-state index in [0.717, 1.165) is 19.5 Å². The monoisotopic (exact) mass is 180 g/mol. The predicted molar refractivity (Wildman–Crippen MR) is 46.3 cm³/mol. The Morgan fingerprint density at radius 3 is 3.15 bits per heavy atom. The van der Waals surface area contributed by atoms with Crippen LogP contribution in [0.5, 0.6) is 0 Å². The fourth-order valence-corrected chi connectivity index (χ4v) is 1.60. The number of aryl methyl sites for hydroxylation is 1. The van der Waals surface area contributed by atoms with Crippen molar-refractivity contribution in [2.45, 2.75) is 6.42 Å². The first-order valence-corrected chi connectivity index (χ1v) is 4.38. The van der Waals surface area contributed by atoms with Crippen LogP contribution in [0.1, 0.15) is 16.9 Å². The van der Waals surface area contributed by atoms with Gasteiger partial charge in [-0.05, 0) is 13.0 Å². The molecule has 2 heterocycles. The van der Waals surface area contributed by atoms with E-state index in [1.807, 2.05) is 0 Å². The molecule has 1 saturated heterocycles. The van der Waals surface area contributed by atoms with Gasteiger partial charge >= 0.3 is 0 Å². The molecule has 1 aliphatic rings. The maximum absolute atomic E-state index is 11.8. The number of rotatable bonds is 2. The van der Waals surface area contributed by atoms with E-state index < -0.39 is 0 Å². The van der Waals surface area contributed by atoms with Gasteiger partial charge in [0.05, 0.1) is 6.20 Å². The number of ketones is 1. The van der Waals surface area contributed by atoms with Crippen molar-refractivity contribution in [3.05, 3.63) is 11.9 Å². The van der Waals surface area contributed by atoms with Crippen LogP contribution in [0.25, 0.3) is 0 Å². The summed E-state index contributed by atoms with van der Waals surface area (Å²) in [5.41, 5.74) is 0.605. The summed E-state index contributed by atoms with van der Waals surface area (Å²) in [6.07, 6.45) is 2.45. The minimum absolute atomic E-state index is 0.109. The Balaban J connectivity index is 2.17. The Kier molecular flexibility index (Phi) is 2.10. The first-order chi connectivity index (χ1) is 6.29.